The first kappa shape index (κ1) is 15.2. The van der Waals surface area contributed by atoms with Crippen LogP contribution >= 0.6 is 23.2 Å². The van der Waals surface area contributed by atoms with Gasteiger partial charge in [-0.25, -0.2) is 0 Å². The van der Waals surface area contributed by atoms with E-state index in [1.807, 2.05) is 30.3 Å². The second-order valence-electron chi connectivity index (χ2n) is 4.87. The molecule has 0 heterocycles. The molecule has 1 unspecified atom stereocenters. The summed E-state index contributed by atoms with van der Waals surface area (Å²) in [5.41, 5.74) is 2.43. The van der Waals surface area contributed by atoms with Crippen molar-refractivity contribution in [3.63, 3.8) is 0 Å². The fourth-order valence-corrected chi connectivity index (χ4v) is 2.68. The molecule has 106 valence electrons. The Morgan fingerprint density at radius 3 is 2.30 bits per heavy atom. The molecule has 3 heteroatoms. The molecule has 0 saturated heterocycles. The normalized spacial score (nSPS) is 12.2. The minimum absolute atomic E-state index is 0.380. The molecule has 0 fully saturated rings. The highest BCUT2D eigenvalue weighted by atomic mass is 35.5. The molecule has 0 bridgehead atoms. The smallest absolute Gasteiger partial charge is 0.118 e. The van der Waals surface area contributed by atoms with E-state index < -0.39 is 0 Å². The maximum absolute atomic E-state index is 6.21. The number of hydrogen-bond acceptors (Lipinski definition) is 1. The third-order valence-corrected chi connectivity index (χ3v) is 4.17. The van der Waals surface area contributed by atoms with E-state index in [1.165, 1.54) is 5.56 Å². The zero-order valence-corrected chi connectivity index (χ0v) is 13.0. The average molecular weight is 309 g/mol. The molecule has 2 rings (SSSR count). The Hall–Kier alpha value is -1.18. The first-order valence-electron chi connectivity index (χ1n) is 6.65. The first-order chi connectivity index (χ1) is 9.72. The molecule has 0 saturated carbocycles. The number of alkyl halides is 1. The molecule has 0 N–H and O–H groups in total. The second kappa shape index (κ2) is 7.56. The summed E-state index contributed by atoms with van der Waals surface area (Å²) in [5.74, 6) is 1.88. The summed E-state index contributed by atoms with van der Waals surface area (Å²) in [7, 11) is 1.67. The Kier molecular flexibility index (Phi) is 5.75. The lowest BCUT2D eigenvalue weighted by atomic mass is 9.94. The van der Waals surface area contributed by atoms with Gasteiger partial charge in [0.1, 0.15) is 5.75 Å². The lowest BCUT2D eigenvalue weighted by molar-refractivity contribution is 0.414. The van der Waals surface area contributed by atoms with Crippen LogP contribution in [-0.4, -0.2) is 13.0 Å². The summed E-state index contributed by atoms with van der Waals surface area (Å²) in [6.07, 6.45) is 1.84. The molecule has 2 aromatic rings. The molecular weight excluding hydrogens is 291 g/mol. The summed E-state index contributed by atoms with van der Waals surface area (Å²) in [4.78, 5) is 0. The predicted octanol–water partition coefficient (Wildman–Crippen LogP) is 4.99. The average Bonchev–Trinajstić information content (AvgIpc) is 2.49. The highest BCUT2D eigenvalue weighted by Crippen LogP contribution is 2.22. The number of methoxy groups -OCH3 is 1. The highest BCUT2D eigenvalue weighted by molar-refractivity contribution is 6.31. The molecule has 1 atom stereocenters. The van der Waals surface area contributed by atoms with Crippen molar-refractivity contribution < 1.29 is 4.74 Å². The predicted molar refractivity (Wildman–Crippen MR) is 86.1 cm³/mol. The van der Waals surface area contributed by atoms with Gasteiger partial charge in [0, 0.05) is 10.9 Å². The summed E-state index contributed by atoms with van der Waals surface area (Å²) >= 11 is 12.3. The Labute approximate surface area is 130 Å². The Bertz CT molecular complexity index is 537. The van der Waals surface area contributed by atoms with Crippen LogP contribution in [0.1, 0.15) is 11.1 Å². The zero-order chi connectivity index (χ0) is 14.4. The van der Waals surface area contributed by atoms with E-state index in [2.05, 4.69) is 18.2 Å². The zero-order valence-electron chi connectivity index (χ0n) is 11.5. The lowest BCUT2D eigenvalue weighted by Crippen LogP contribution is -2.10. The van der Waals surface area contributed by atoms with Gasteiger partial charge in [-0.1, -0.05) is 41.9 Å². The van der Waals surface area contributed by atoms with Crippen LogP contribution in [0, 0.1) is 5.92 Å². The topological polar surface area (TPSA) is 9.23 Å². The van der Waals surface area contributed by atoms with Crippen LogP contribution < -0.4 is 4.74 Å². The number of hydrogen-bond donors (Lipinski definition) is 0. The van der Waals surface area contributed by atoms with E-state index in [-0.39, 0.29) is 0 Å². The number of benzene rings is 2. The van der Waals surface area contributed by atoms with Gasteiger partial charge in [0.2, 0.25) is 0 Å². The van der Waals surface area contributed by atoms with Gasteiger partial charge in [-0.15, -0.1) is 11.6 Å². The van der Waals surface area contributed by atoms with Gasteiger partial charge < -0.3 is 4.74 Å². The van der Waals surface area contributed by atoms with Gasteiger partial charge >= 0.3 is 0 Å². The van der Waals surface area contributed by atoms with E-state index in [9.17, 15) is 0 Å². The Balaban J connectivity index is 2.03. The summed E-state index contributed by atoms with van der Waals surface area (Å²) in [5, 5.41) is 0.817. The van der Waals surface area contributed by atoms with Crippen molar-refractivity contribution in [3.05, 3.63) is 64.7 Å². The van der Waals surface area contributed by atoms with Crippen molar-refractivity contribution in [1.29, 1.82) is 0 Å². The Morgan fingerprint density at radius 2 is 1.70 bits per heavy atom. The molecule has 2 aromatic carbocycles. The number of rotatable bonds is 6. The number of halogens is 2. The largest absolute Gasteiger partial charge is 0.497 e. The first-order valence-corrected chi connectivity index (χ1v) is 7.56. The molecular formula is C17H18Cl2O. The number of ether oxygens (including phenoxy) is 1. The second-order valence-corrected chi connectivity index (χ2v) is 5.58. The van der Waals surface area contributed by atoms with E-state index in [0.29, 0.717) is 11.8 Å². The minimum Gasteiger partial charge on any atom is -0.497 e. The molecule has 0 amide bonds. The quantitative estimate of drug-likeness (QED) is 0.683. The molecule has 20 heavy (non-hydrogen) atoms. The van der Waals surface area contributed by atoms with Crippen LogP contribution in [0.15, 0.2) is 48.5 Å². The standard InChI is InChI=1S/C17H18Cl2O/c1-20-16-8-6-13(7-9-16)10-14(12-18)11-15-4-2-3-5-17(15)19/h2-9,14H,10-12H2,1H3. The van der Waals surface area contributed by atoms with E-state index in [1.54, 1.807) is 7.11 Å². The van der Waals surface area contributed by atoms with Gasteiger partial charge in [0.25, 0.3) is 0 Å². The lowest BCUT2D eigenvalue weighted by Gasteiger charge is -2.15. The maximum atomic E-state index is 6.21. The van der Waals surface area contributed by atoms with E-state index in [0.717, 1.165) is 29.2 Å². The van der Waals surface area contributed by atoms with Crippen molar-refractivity contribution in [2.75, 3.05) is 13.0 Å². The van der Waals surface area contributed by atoms with Gasteiger partial charge in [-0.3, -0.25) is 0 Å². The SMILES string of the molecule is COc1ccc(CC(CCl)Cc2ccccc2Cl)cc1. The highest BCUT2D eigenvalue weighted by Gasteiger charge is 2.11. The van der Waals surface area contributed by atoms with Crippen molar-refractivity contribution in [3.8, 4) is 5.75 Å². The van der Waals surface area contributed by atoms with Gasteiger partial charge in [-0.2, -0.15) is 0 Å². The monoisotopic (exact) mass is 308 g/mol. The summed E-state index contributed by atoms with van der Waals surface area (Å²) < 4.78 is 5.17. The fourth-order valence-electron chi connectivity index (χ4n) is 2.25. The van der Waals surface area contributed by atoms with Crippen LogP contribution in [0.25, 0.3) is 0 Å². The van der Waals surface area contributed by atoms with Crippen LogP contribution in [-0.2, 0) is 12.8 Å². The van der Waals surface area contributed by atoms with Crippen LogP contribution in [0.2, 0.25) is 5.02 Å². The van der Waals surface area contributed by atoms with Gasteiger partial charge in [-0.05, 0) is 48.1 Å². The fraction of sp³-hybridized carbons (Fsp3) is 0.294. The van der Waals surface area contributed by atoms with Crippen molar-refractivity contribution in [1.82, 2.24) is 0 Å². The third kappa shape index (κ3) is 4.16. The molecule has 0 spiro atoms. The Morgan fingerprint density at radius 1 is 1.00 bits per heavy atom. The molecule has 0 aliphatic heterocycles. The molecule has 0 radical (unpaired) electrons. The van der Waals surface area contributed by atoms with Gasteiger partial charge in [0.15, 0.2) is 0 Å². The third-order valence-electron chi connectivity index (χ3n) is 3.37. The van der Waals surface area contributed by atoms with Crippen LogP contribution in [0.5, 0.6) is 5.75 Å². The van der Waals surface area contributed by atoms with Crippen molar-refractivity contribution in [2.45, 2.75) is 12.8 Å². The minimum atomic E-state index is 0.380. The summed E-state index contributed by atoms with van der Waals surface area (Å²) in [6, 6.07) is 16.1. The molecule has 0 aliphatic carbocycles. The molecule has 0 aromatic heterocycles. The van der Waals surface area contributed by atoms with Crippen LogP contribution in [0.3, 0.4) is 0 Å². The van der Waals surface area contributed by atoms with Crippen molar-refractivity contribution in [2.24, 2.45) is 5.92 Å². The maximum Gasteiger partial charge on any atom is 0.118 e. The summed E-state index contributed by atoms with van der Waals surface area (Å²) in [6.45, 7) is 0. The van der Waals surface area contributed by atoms with Crippen LogP contribution in [0.4, 0.5) is 0 Å². The molecule has 1 nitrogen and oxygen atoms in total. The van der Waals surface area contributed by atoms with E-state index in [4.69, 9.17) is 27.9 Å². The van der Waals surface area contributed by atoms with Gasteiger partial charge in [0.05, 0.1) is 7.11 Å². The van der Waals surface area contributed by atoms with Crippen molar-refractivity contribution >= 4 is 23.2 Å². The molecule has 0 aliphatic rings. The van der Waals surface area contributed by atoms with E-state index >= 15 is 0 Å².